The summed E-state index contributed by atoms with van der Waals surface area (Å²) in [5.41, 5.74) is 0.748. The monoisotopic (exact) mass is 199 g/mol. The molecule has 0 aliphatic carbocycles. The average Bonchev–Trinajstić information content (AvgIpc) is 2.02. The quantitative estimate of drug-likeness (QED) is 0.666. The summed E-state index contributed by atoms with van der Waals surface area (Å²) in [5, 5.41) is 0. The van der Waals surface area contributed by atoms with Gasteiger partial charge in [-0.15, -0.1) is 0 Å². The smallest absolute Gasteiger partial charge is 0.0147 e. The lowest BCUT2D eigenvalue weighted by Gasteiger charge is -2.39. The lowest BCUT2D eigenvalue weighted by molar-refractivity contribution is 0.0964. The summed E-state index contributed by atoms with van der Waals surface area (Å²) in [7, 11) is 2.24. The van der Waals surface area contributed by atoms with E-state index in [1.807, 2.05) is 0 Å². The van der Waals surface area contributed by atoms with Crippen molar-refractivity contribution in [2.75, 3.05) is 13.6 Å². The lowest BCUT2D eigenvalue weighted by atomic mass is 9.81. The van der Waals surface area contributed by atoms with Crippen LogP contribution in [0.3, 0.4) is 0 Å². The van der Waals surface area contributed by atoms with Crippen molar-refractivity contribution < 1.29 is 0 Å². The van der Waals surface area contributed by atoms with Crippen molar-refractivity contribution in [2.24, 2.45) is 11.3 Å². The van der Waals surface area contributed by atoms with Crippen LogP contribution in [0.5, 0.6) is 0 Å². The molecule has 0 aliphatic rings. The molecule has 0 saturated carbocycles. The molecule has 0 N–H and O–H groups in total. The first kappa shape index (κ1) is 14.0. The second kappa shape index (κ2) is 4.65. The van der Waals surface area contributed by atoms with Crippen molar-refractivity contribution in [3.63, 3.8) is 0 Å². The van der Waals surface area contributed by atoms with Gasteiger partial charge in [-0.05, 0) is 38.6 Å². The van der Waals surface area contributed by atoms with Crippen LogP contribution >= 0.6 is 0 Å². The SMILES string of the molecule is CCC(C)(C)N(C)CC(C)C(C)(C)C. The maximum Gasteiger partial charge on any atom is 0.0147 e. The fourth-order valence-corrected chi connectivity index (χ4v) is 1.20. The standard InChI is InChI=1S/C13H29N/c1-9-13(6,7)14(8)10-11(2)12(3,4)5/h11H,9-10H2,1-8H3. The number of hydrogen-bond acceptors (Lipinski definition) is 1. The van der Waals surface area contributed by atoms with Gasteiger partial charge < -0.3 is 4.90 Å². The number of rotatable bonds is 4. The fourth-order valence-electron chi connectivity index (χ4n) is 1.20. The third-order valence-corrected chi connectivity index (χ3v) is 3.92. The minimum absolute atomic E-state index is 0.333. The van der Waals surface area contributed by atoms with Gasteiger partial charge in [-0.25, -0.2) is 0 Å². The van der Waals surface area contributed by atoms with E-state index >= 15 is 0 Å². The normalized spacial score (nSPS) is 16.1. The van der Waals surface area contributed by atoms with Gasteiger partial charge >= 0.3 is 0 Å². The highest BCUT2D eigenvalue weighted by Gasteiger charge is 2.27. The molecule has 1 atom stereocenters. The van der Waals surface area contributed by atoms with Crippen molar-refractivity contribution in [1.82, 2.24) is 4.90 Å². The molecule has 86 valence electrons. The first-order valence-corrected chi connectivity index (χ1v) is 5.82. The van der Waals surface area contributed by atoms with E-state index in [0.29, 0.717) is 11.0 Å². The molecular formula is C13H29N. The molecule has 0 radical (unpaired) electrons. The van der Waals surface area contributed by atoms with Crippen LogP contribution in [0.25, 0.3) is 0 Å². The molecule has 14 heavy (non-hydrogen) atoms. The van der Waals surface area contributed by atoms with Gasteiger partial charge in [0.2, 0.25) is 0 Å². The van der Waals surface area contributed by atoms with Crippen LogP contribution < -0.4 is 0 Å². The molecule has 1 nitrogen and oxygen atoms in total. The number of hydrogen-bond donors (Lipinski definition) is 0. The van der Waals surface area contributed by atoms with Crippen molar-refractivity contribution in [3.05, 3.63) is 0 Å². The van der Waals surface area contributed by atoms with Gasteiger partial charge in [0.25, 0.3) is 0 Å². The van der Waals surface area contributed by atoms with E-state index in [4.69, 9.17) is 0 Å². The Morgan fingerprint density at radius 3 is 1.79 bits per heavy atom. The summed E-state index contributed by atoms with van der Waals surface area (Å²) in [4.78, 5) is 2.49. The predicted octanol–water partition coefficient (Wildman–Crippen LogP) is 3.79. The van der Waals surface area contributed by atoms with Crippen LogP contribution in [-0.2, 0) is 0 Å². The van der Waals surface area contributed by atoms with Crippen LogP contribution in [0.15, 0.2) is 0 Å². The summed E-state index contributed by atoms with van der Waals surface area (Å²) >= 11 is 0. The van der Waals surface area contributed by atoms with Gasteiger partial charge in [-0.2, -0.15) is 0 Å². The van der Waals surface area contributed by atoms with Crippen molar-refractivity contribution in [2.45, 2.75) is 60.4 Å². The molecule has 0 aliphatic heterocycles. The molecule has 0 spiro atoms. The van der Waals surface area contributed by atoms with Gasteiger partial charge in [0.05, 0.1) is 0 Å². The topological polar surface area (TPSA) is 3.24 Å². The number of nitrogens with zero attached hydrogens (tertiary/aromatic N) is 1. The molecule has 0 aromatic rings. The Labute approximate surface area is 90.9 Å². The first-order valence-electron chi connectivity index (χ1n) is 5.82. The third-order valence-electron chi connectivity index (χ3n) is 3.92. The Hall–Kier alpha value is -0.0400. The second-order valence-corrected chi connectivity index (χ2v) is 6.31. The summed E-state index contributed by atoms with van der Waals surface area (Å²) in [6.07, 6.45) is 1.21. The molecule has 1 unspecified atom stereocenters. The Morgan fingerprint density at radius 2 is 1.50 bits per heavy atom. The molecule has 0 amide bonds. The van der Waals surface area contributed by atoms with Gasteiger partial charge in [0, 0.05) is 12.1 Å². The zero-order valence-corrected chi connectivity index (χ0v) is 11.4. The summed E-state index contributed by atoms with van der Waals surface area (Å²) < 4.78 is 0. The third kappa shape index (κ3) is 4.00. The van der Waals surface area contributed by atoms with E-state index in [1.54, 1.807) is 0 Å². The largest absolute Gasteiger partial charge is 0.301 e. The minimum atomic E-state index is 0.333. The highest BCUT2D eigenvalue weighted by Crippen LogP contribution is 2.28. The Balaban J connectivity index is 4.26. The van der Waals surface area contributed by atoms with E-state index in [-0.39, 0.29) is 0 Å². The zero-order valence-electron chi connectivity index (χ0n) is 11.4. The second-order valence-electron chi connectivity index (χ2n) is 6.31. The van der Waals surface area contributed by atoms with E-state index in [0.717, 1.165) is 5.92 Å². The average molecular weight is 199 g/mol. The Bertz CT molecular complexity index is 165. The van der Waals surface area contributed by atoms with Gasteiger partial charge in [-0.1, -0.05) is 34.6 Å². The molecule has 0 fully saturated rings. The lowest BCUT2D eigenvalue weighted by Crippen LogP contribution is -2.44. The van der Waals surface area contributed by atoms with E-state index in [1.165, 1.54) is 13.0 Å². The van der Waals surface area contributed by atoms with Gasteiger partial charge in [0.1, 0.15) is 0 Å². The molecule has 0 heterocycles. The highest BCUT2D eigenvalue weighted by atomic mass is 15.2. The van der Waals surface area contributed by atoms with Crippen LogP contribution in [0.4, 0.5) is 0 Å². The maximum absolute atomic E-state index is 2.49. The zero-order chi connectivity index (χ0) is 11.6. The van der Waals surface area contributed by atoms with Crippen LogP contribution in [0.1, 0.15) is 54.9 Å². The summed E-state index contributed by atoms with van der Waals surface area (Å²) in [6.45, 7) is 17.4. The van der Waals surface area contributed by atoms with E-state index in [9.17, 15) is 0 Å². The molecule has 0 bridgehead atoms. The van der Waals surface area contributed by atoms with Gasteiger partial charge in [0.15, 0.2) is 0 Å². The van der Waals surface area contributed by atoms with Crippen molar-refractivity contribution in [1.29, 1.82) is 0 Å². The summed E-state index contributed by atoms with van der Waals surface area (Å²) in [5.74, 6) is 0.735. The maximum atomic E-state index is 2.49. The van der Waals surface area contributed by atoms with E-state index < -0.39 is 0 Å². The van der Waals surface area contributed by atoms with Crippen LogP contribution in [0, 0.1) is 11.3 Å². The molecule has 0 rings (SSSR count). The molecular weight excluding hydrogens is 170 g/mol. The first-order chi connectivity index (χ1) is 6.11. The molecule has 0 saturated heterocycles. The van der Waals surface area contributed by atoms with Crippen molar-refractivity contribution >= 4 is 0 Å². The highest BCUT2D eigenvalue weighted by molar-refractivity contribution is 4.81. The molecule has 0 aromatic heterocycles. The van der Waals surface area contributed by atoms with Gasteiger partial charge in [-0.3, -0.25) is 0 Å². The Kier molecular flexibility index (Phi) is 4.64. The van der Waals surface area contributed by atoms with E-state index in [2.05, 4.69) is 60.4 Å². The molecule has 1 heteroatoms. The molecule has 0 aromatic carbocycles. The minimum Gasteiger partial charge on any atom is -0.301 e. The summed E-state index contributed by atoms with van der Waals surface area (Å²) in [6, 6.07) is 0. The van der Waals surface area contributed by atoms with Crippen molar-refractivity contribution in [3.8, 4) is 0 Å². The predicted molar refractivity (Wildman–Crippen MR) is 65.6 cm³/mol. The van der Waals surface area contributed by atoms with Crippen LogP contribution in [0.2, 0.25) is 0 Å². The Morgan fingerprint density at radius 1 is 1.07 bits per heavy atom. The van der Waals surface area contributed by atoms with Crippen LogP contribution in [-0.4, -0.2) is 24.0 Å². The fraction of sp³-hybridized carbons (Fsp3) is 1.00.